The predicted octanol–water partition coefficient (Wildman–Crippen LogP) is 4.18. The van der Waals surface area contributed by atoms with Crippen molar-refractivity contribution >= 4 is 44.8 Å². The van der Waals surface area contributed by atoms with Crippen LogP contribution < -0.4 is 15.4 Å². The van der Waals surface area contributed by atoms with E-state index >= 15 is 0 Å². The van der Waals surface area contributed by atoms with E-state index in [9.17, 15) is 13.2 Å². The van der Waals surface area contributed by atoms with Crippen LogP contribution in [0, 0.1) is 0 Å². The van der Waals surface area contributed by atoms with Crippen molar-refractivity contribution in [3.63, 3.8) is 0 Å². The molecule has 9 heteroatoms. The molecule has 2 aromatic carbocycles. The van der Waals surface area contributed by atoms with E-state index in [1.54, 1.807) is 42.5 Å². The first-order valence-electron chi connectivity index (χ1n) is 7.80. The number of hydrogen-bond donors (Lipinski definition) is 3. The Labute approximate surface area is 161 Å². The maximum Gasteiger partial charge on any atom is 0.323 e. The molecule has 0 saturated heterocycles. The average Bonchev–Trinajstić information content (AvgIpc) is 2.64. The molecule has 0 bridgehead atoms. The van der Waals surface area contributed by atoms with Crippen LogP contribution in [0.4, 0.5) is 22.0 Å². The molecule has 1 aromatic heterocycles. The zero-order valence-electron chi connectivity index (χ0n) is 13.9. The van der Waals surface area contributed by atoms with Crippen LogP contribution in [0.3, 0.4) is 0 Å². The molecule has 7 nitrogen and oxygen atoms in total. The second kappa shape index (κ2) is 8.07. The summed E-state index contributed by atoms with van der Waals surface area (Å²) in [6, 6.07) is 16.9. The van der Waals surface area contributed by atoms with Gasteiger partial charge in [0.25, 0.3) is 10.0 Å². The minimum atomic E-state index is -3.76. The van der Waals surface area contributed by atoms with Crippen molar-refractivity contribution in [1.82, 2.24) is 4.98 Å². The van der Waals surface area contributed by atoms with E-state index in [1.165, 1.54) is 30.5 Å². The van der Waals surface area contributed by atoms with Crippen molar-refractivity contribution in [2.45, 2.75) is 4.90 Å². The maximum atomic E-state index is 12.3. The highest BCUT2D eigenvalue weighted by molar-refractivity contribution is 7.92. The molecule has 0 unspecified atom stereocenters. The molecular weight excluding hydrogens is 388 g/mol. The molecule has 27 heavy (non-hydrogen) atoms. The lowest BCUT2D eigenvalue weighted by atomic mass is 10.3. The van der Waals surface area contributed by atoms with E-state index in [0.717, 1.165) is 0 Å². The van der Waals surface area contributed by atoms with Gasteiger partial charge in [-0.3, -0.25) is 4.72 Å². The SMILES string of the molecule is O=C(Nc1ccc(Cl)cc1)Nc1ccc(S(=O)(=O)Nc2ccccn2)cc1. The van der Waals surface area contributed by atoms with E-state index < -0.39 is 16.1 Å². The van der Waals surface area contributed by atoms with E-state index in [0.29, 0.717) is 16.4 Å². The first kappa shape index (κ1) is 18.7. The van der Waals surface area contributed by atoms with E-state index in [4.69, 9.17) is 11.6 Å². The molecule has 3 N–H and O–H groups in total. The Kier molecular flexibility index (Phi) is 5.58. The third-order valence-corrected chi connectivity index (χ3v) is 5.05. The van der Waals surface area contributed by atoms with Gasteiger partial charge in [0.05, 0.1) is 4.90 Å². The summed E-state index contributed by atoms with van der Waals surface area (Å²) in [6.45, 7) is 0. The Morgan fingerprint density at radius 2 is 1.44 bits per heavy atom. The fraction of sp³-hybridized carbons (Fsp3) is 0. The highest BCUT2D eigenvalue weighted by Crippen LogP contribution is 2.18. The number of amides is 2. The van der Waals surface area contributed by atoms with E-state index in [-0.39, 0.29) is 10.7 Å². The molecule has 0 saturated carbocycles. The van der Waals surface area contributed by atoms with Crippen LogP contribution in [0.1, 0.15) is 0 Å². The third-order valence-electron chi connectivity index (χ3n) is 3.43. The lowest BCUT2D eigenvalue weighted by Gasteiger charge is -2.10. The molecule has 0 radical (unpaired) electrons. The summed E-state index contributed by atoms with van der Waals surface area (Å²) in [5, 5.41) is 5.84. The Morgan fingerprint density at radius 3 is 2.00 bits per heavy atom. The number of anilines is 3. The zero-order chi connectivity index (χ0) is 19.3. The number of rotatable bonds is 5. The van der Waals surface area contributed by atoms with Crippen molar-refractivity contribution in [1.29, 1.82) is 0 Å². The van der Waals surface area contributed by atoms with Gasteiger partial charge in [-0.15, -0.1) is 0 Å². The van der Waals surface area contributed by atoms with E-state index in [2.05, 4.69) is 20.3 Å². The van der Waals surface area contributed by atoms with Gasteiger partial charge >= 0.3 is 6.03 Å². The van der Waals surface area contributed by atoms with Gasteiger partial charge in [-0.1, -0.05) is 17.7 Å². The fourth-order valence-corrected chi connectivity index (χ4v) is 3.30. The summed E-state index contributed by atoms with van der Waals surface area (Å²) in [7, 11) is -3.76. The Morgan fingerprint density at radius 1 is 0.852 bits per heavy atom. The van der Waals surface area contributed by atoms with Crippen molar-refractivity contribution in [2.24, 2.45) is 0 Å². The second-order valence-electron chi connectivity index (χ2n) is 5.43. The van der Waals surface area contributed by atoms with Gasteiger partial charge in [0, 0.05) is 22.6 Å². The molecule has 1 heterocycles. The summed E-state index contributed by atoms with van der Waals surface area (Å²) in [6.07, 6.45) is 1.49. The highest BCUT2D eigenvalue weighted by atomic mass is 35.5. The first-order chi connectivity index (χ1) is 12.9. The van der Waals surface area contributed by atoms with Crippen LogP contribution in [-0.4, -0.2) is 19.4 Å². The number of carbonyl (C=O) groups is 1. The van der Waals surface area contributed by atoms with Crippen molar-refractivity contribution in [3.8, 4) is 0 Å². The summed E-state index contributed by atoms with van der Waals surface area (Å²) >= 11 is 5.79. The topological polar surface area (TPSA) is 100 Å². The molecule has 0 aliphatic heterocycles. The molecule has 3 aromatic rings. The minimum absolute atomic E-state index is 0.0526. The van der Waals surface area contributed by atoms with Gasteiger partial charge in [0.2, 0.25) is 0 Å². The van der Waals surface area contributed by atoms with Crippen LogP contribution in [-0.2, 0) is 10.0 Å². The number of hydrogen-bond acceptors (Lipinski definition) is 4. The number of aromatic nitrogens is 1. The Balaban J connectivity index is 1.64. The second-order valence-corrected chi connectivity index (χ2v) is 7.55. The number of pyridine rings is 1. The van der Waals surface area contributed by atoms with Gasteiger partial charge in [-0.2, -0.15) is 0 Å². The third kappa shape index (κ3) is 5.19. The maximum absolute atomic E-state index is 12.3. The Bertz CT molecular complexity index is 1020. The lowest BCUT2D eigenvalue weighted by molar-refractivity contribution is 0.262. The molecule has 138 valence electrons. The zero-order valence-corrected chi connectivity index (χ0v) is 15.5. The standard InChI is InChI=1S/C18H15ClN4O3S/c19-13-4-6-14(7-5-13)21-18(24)22-15-8-10-16(11-9-15)27(25,26)23-17-3-1-2-12-20-17/h1-12H,(H,20,23)(H2,21,22,24). The number of sulfonamides is 1. The van der Waals surface area contributed by atoms with Gasteiger partial charge < -0.3 is 10.6 Å². The van der Waals surface area contributed by atoms with E-state index in [1.807, 2.05) is 0 Å². The lowest BCUT2D eigenvalue weighted by Crippen LogP contribution is -2.19. The molecule has 0 fully saturated rings. The number of carbonyl (C=O) groups excluding carboxylic acids is 1. The van der Waals surface area contributed by atoms with Gasteiger partial charge in [0.1, 0.15) is 5.82 Å². The van der Waals surface area contributed by atoms with Crippen LogP contribution in [0.5, 0.6) is 0 Å². The first-order valence-corrected chi connectivity index (χ1v) is 9.66. The molecule has 2 amide bonds. The van der Waals surface area contributed by atoms with Gasteiger partial charge in [-0.05, 0) is 60.7 Å². The quantitative estimate of drug-likeness (QED) is 0.596. The number of urea groups is 1. The van der Waals surface area contributed by atoms with Crippen LogP contribution in [0.25, 0.3) is 0 Å². The molecule has 3 rings (SSSR count). The van der Waals surface area contributed by atoms with Gasteiger partial charge in [-0.25, -0.2) is 18.2 Å². The predicted molar refractivity (Wildman–Crippen MR) is 106 cm³/mol. The number of benzene rings is 2. The number of nitrogens with one attached hydrogen (secondary N) is 3. The summed E-state index contributed by atoms with van der Waals surface area (Å²) in [5.41, 5.74) is 1.02. The van der Waals surface area contributed by atoms with Crippen molar-refractivity contribution in [3.05, 3.63) is 77.9 Å². The smallest absolute Gasteiger partial charge is 0.308 e. The molecule has 0 aliphatic rings. The molecule has 0 atom stereocenters. The largest absolute Gasteiger partial charge is 0.323 e. The molecule has 0 spiro atoms. The number of halogens is 1. The highest BCUT2D eigenvalue weighted by Gasteiger charge is 2.14. The minimum Gasteiger partial charge on any atom is -0.308 e. The average molecular weight is 403 g/mol. The monoisotopic (exact) mass is 402 g/mol. The van der Waals surface area contributed by atoms with Crippen LogP contribution >= 0.6 is 11.6 Å². The Hall–Kier alpha value is -3.10. The van der Waals surface area contributed by atoms with Gasteiger partial charge in [0.15, 0.2) is 0 Å². The van der Waals surface area contributed by atoms with Crippen LogP contribution in [0.2, 0.25) is 5.02 Å². The normalized spacial score (nSPS) is 10.9. The summed E-state index contributed by atoms with van der Waals surface area (Å²) < 4.78 is 27.1. The molecule has 0 aliphatic carbocycles. The van der Waals surface area contributed by atoms with Crippen molar-refractivity contribution < 1.29 is 13.2 Å². The van der Waals surface area contributed by atoms with Crippen molar-refractivity contribution in [2.75, 3.05) is 15.4 Å². The summed E-state index contributed by atoms with van der Waals surface area (Å²) in [4.78, 5) is 16.0. The molecular formula is C18H15ClN4O3S. The number of nitrogens with zero attached hydrogens (tertiary/aromatic N) is 1. The fourth-order valence-electron chi connectivity index (χ4n) is 2.16. The van der Waals surface area contributed by atoms with Crippen LogP contribution in [0.15, 0.2) is 77.8 Å². The summed E-state index contributed by atoms with van der Waals surface area (Å²) in [5.74, 6) is 0.224.